The monoisotopic (exact) mass is 366 g/mol. The lowest BCUT2D eigenvalue weighted by Gasteiger charge is -2.26. The number of barbiturate groups is 1. The fourth-order valence-electron chi connectivity index (χ4n) is 3.51. The zero-order valence-corrected chi connectivity index (χ0v) is 16.0. The fourth-order valence-corrected chi connectivity index (χ4v) is 3.51. The SMILES string of the molecule is Cc1cc(/C=C2\C(=O)NC(=O)N(c3ccncc3)C2=O)c(C)n1C(C)(C)C. The van der Waals surface area contributed by atoms with E-state index in [1.54, 1.807) is 6.08 Å². The van der Waals surface area contributed by atoms with Crippen LogP contribution in [-0.4, -0.2) is 27.4 Å². The van der Waals surface area contributed by atoms with Crippen molar-refractivity contribution in [2.24, 2.45) is 0 Å². The molecule has 0 atom stereocenters. The van der Waals surface area contributed by atoms with Gasteiger partial charge in [-0.15, -0.1) is 0 Å². The summed E-state index contributed by atoms with van der Waals surface area (Å²) in [5, 5.41) is 2.23. The summed E-state index contributed by atoms with van der Waals surface area (Å²) in [7, 11) is 0. The highest BCUT2D eigenvalue weighted by atomic mass is 16.2. The fraction of sp³-hybridized carbons (Fsp3) is 0.300. The van der Waals surface area contributed by atoms with Crippen molar-refractivity contribution in [1.29, 1.82) is 0 Å². The number of nitrogens with one attached hydrogen (secondary N) is 1. The van der Waals surface area contributed by atoms with Gasteiger partial charge in [-0.25, -0.2) is 9.69 Å². The highest BCUT2D eigenvalue weighted by Crippen LogP contribution is 2.27. The van der Waals surface area contributed by atoms with Gasteiger partial charge in [0.2, 0.25) is 0 Å². The molecule has 140 valence electrons. The molecule has 0 unspecified atom stereocenters. The van der Waals surface area contributed by atoms with Crippen molar-refractivity contribution in [3.63, 3.8) is 0 Å². The number of rotatable bonds is 2. The first-order valence-corrected chi connectivity index (χ1v) is 8.62. The third kappa shape index (κ3) is 3.28. The number of amides is 4. The predicted octanol–water partition coefficient (Wildman–Crippen LogP) is 2.92. The summed E-state index contributed by atoms with van der Waals surface area (Å²) in [5.74, 6) is -1.36. The molecule has 0 aliphatic carbocycles. The molecule has 1 aliphatic rings. The number of aryl methyl sites for hydroxylation is 1. The molecular formula is C20H22N4O3. The Morgan fingerprint density at radius 3 is 2.26 bits per heavy atom. The second-order valence-corrected chi connectivity index (χ2v) is 7.50. The van der Waals surface area contributed by atoms with Gasteiger partial charge in [-0.05, 0) is 64.5 Å². The van der Waals surface area contributed by atoms with Crippen LogP contribution in [0.4, 0.5) is 10.5 Å². The van der Waals surface area contributed by atoms with E-state index in [2.05, 4.69) is 35.6 Å². The van der Waals surface area contributed by atoms with Crippen molar-refractivity contribution in [3.05, 3.63) is 53.1 Å². The molecule has 4 amide bonds. The molecule has 7 heteroatoms. The molecule has 1 saturated heterocycles. The molecule has 1 aliphatic heterocycles. The summed E-state index contributed by atoms with van der Waals surface area (Å²) in [6.07, 6.45) is 4.50. The second kappa shape index (κ2) is 6.50. The Morgan fingerprint density at radius 2 is 1.70 bits per heavy atom. The summed E-state index contributed by atoms with van der Waals surface area (Å²) < 4.78 is 2.15. The minimum atomic E-state index is -0.770. The standard InChI is InChI=1S/C20H22N4O3/c1-12-10-14(13(2)24(12)20(3,4)5)11-16-17(25)22-19(27)23(18(16)26)15-6-8-21-9-7-15/h6-11H,1-5H3,(H,22,25,27)/b16-11+. The Bertz CT molecular complexity index is 965. The van der Waals surface area contributed by atoms with Gasteiger partial charge in [-0.1, -0.05) is 0 Å². The highest BCUT2D eigenvalue weighted by molar-refractivity contribution is 6.39. The van der Waals surface area contributed by atoms with Gasteiger partial charge in [0.05, 0.1) is 5.69 Å². The summed E-state index contributed by atoms with van der Waals surface area (Å²) in [4.78, 5) is 42.2. The van der Waals surface area contributed by atoms with Gasteiger partial charge >= 0.3 is 6.03 Å². The number of nitrogens with zero attached hydrogens (tertiary/aromatic N) is 3. The van der Waals surface area contributed by atoms with E-state index >= 15 is 0 Å². The number of hydrogen-bond acceptors (Lipinski definition) is 4. The number of carbonyl (C=O) groups is 3. The molecule has 1 fully saturated rings. The van der Waals surface area contributed by atoms with Crippen LogP contribution in [-0.2, 0) is 15.1 Å². The first-order valence-electron chi connectivity index (χ1n) is 8.62. The summed E-state index contributed by atoms with van der Waals surface area (Å²) >= 11 is 0. The zero-order chi connectivity index (χ0) is 19.9. The first-order chi connectivity index (χ1) is 12.6. The van der Waals surface area contributed by atoms with E-state index < -0.39 is 17.8 Å². The van der Waals surface area contributed by atoms with E-state index in [1.165, 1.54) is 24.5 Å². The van der Waals surface area contributed by atoms with Crippen LogP contribution in [0.1, 0.15) is 37.7 Å². The smallest absolute Gasteiger partial charge is 0.335 e. The summed E-state index contributed by atoms with van der Waals surface area (Å²) in [5.41, 5.74) is 2.87. The Kier molecular flexibility index (Phi) is 4.47. The summed E-state index contributed by atoms with van der Waals surface area (Å²) in [6.45, 7) is 10.2. The third-order valence-electron chi connectivity index (χ3n) is 4.46. The van der Waals surface area contributed by atoms with Crippen LogP contribution in [0.25, 0.3) is 6.08 Å². The van der Waals surface area contributed by atoms with Crippen LogP contribution in [0.2, 0.25) is 0 Å². The van der Waals surface area contributed by atoms with Gasteiger partial charge < -0.3 is 4.57 Å². The Labute approximate surface area is 157 Å². The molecular weight excluding hydrogens is 344 g/mol. The molecule has 7 nitrogen and oxygen atoms in total. The van der Waals surface area contributed by atoms with E-state index in [0.29, 0.717) is 5.69 Å². The molecule has 3 heterocycles. The minimum absolute atomic E-state index is 0.0828. The average molecular weight is 366 g/mol. The van der Waals surface area contributed by atoms with Gasteiger partial charge in [0.25, 0.3) is 11.8 Å². The number of aromatic nitrogens is 2. The molecule has 0 radical (unpaired) electrons. The number of anilines is 1. The normalized spacial score (nSPS) is 16.9. The lowest BCUT2D eigenvalue weighted by molar-refractivity contribution is -0.122. The number of carbonyl (C=O) groups excluding carboxylic acids is 3. The molecule has 2 aromatic rings. The van der Waals surface area contributed by atoms with E-state index in [9.17, 15) is 14.4 Å². The third-order valence-corrected chi connectivity index (χ3v) is 4.46. The Balaban J connectivity index is 2.07. The van der Waals surface area contributed by atoms with E-state index in [-0.39, 0.29) is 11.1 Å². The molecule has 1 N–H and O–H groups in total. The van der Waals surface area contributed by atoms with Gasteiger partial charge in [-0.3, -0.25) is 19.9 Å². The van der Waals surface area contributed by atoms with E-state index in [0.717, 1.165) is 21.9 Å². The average Bonchev–Trinajstić information content (AvgIpc) is 2.86. The number of pyridine rings is 1. The predicted molar refractivity (Wildman–Crippen MR) is 102 cm³/mol. The van der Waals surface area contributed by atoms with E-state index in [1.807, 2.05) is 19.9 Å². The van der Waals surface area contributed by atoms with Gasteiger partial charge in [-0.2, -0.15) is 0 Å². The topological polar surface area (TPSA) is 84.3 Å². The molecule has 0 bridgehead atoms. The number of urea groups is 1. The van der Waals surface area contributed by atoms with Crippen LogP contribution < -0.4 is 10.2 Å². The van der Waals surface area contributed by atoms with Crippen LogP contribution in [0.5, 0.6) is 0 Å². The van der Waals surface area contributed by atoms with E-state index in [4.69, 9.17) is 0 Å². The molecule has 2 aromatic heterocycles. The molecule has 3 rings (SSSR count). The molecule has 0 saturated carbocycles. The van der Waals surface area contributed by atoms with Crippen LogP contribution in [0.15, 0.2) is 36.2 Å². The van der Waals surface area contributed by atoms with Crippen molar-refractivity contribution in [2.75, 3.05) is 4.90 Å². The number of imide groups is 2. The lowest BCUT2D eigenvalue weighted by atomic mass is 10.1. The van der Waals surface area contributed by atoms with Crippen molar-refractivity contribution in [2.45, 2.75) is 40.2 Å². The van der Waals surface area contributed by atoms with Gasteiger partial charge in [0.1, 0.15) is 5.57 Å². The zero-order valence-electron chi connectivity index (χ0n) is 16.0. The second-order valence-electron chi connectivity index (χ2n) is 7.50. The maximum Gasteiger partial charge on any atom is 0.335 e. The van der Waals surface area contributed by atoms with Crippen LogP contribution >= 0.6 is 0 Å². The maximum atomic E-state index is 12.9. The largest absolute Gasteiger partial charge is 0.343 e. The Hall–Kier alpha value is -3.22. The summed E-state index contributed by atoms with van der Waals surface area (Å²) in [6, 6.07) is 4.24. The van der Waals surface area contributed by atoms with Crippen LogP contribution in [0.3, 0.4) is 0 Å². The highest BCUT2D eigenvalue weighted by Gasteiger charge is 2.37. The van der Waals surface area contributed by atoms with Gasteiger partial charge in [0.15, 0.2) is 0 Å². The minimum Gasteiger partial charge on any atom is -0.343 e. The van der Waals surface area contributed by atoms with Crippen molar-refractivity contribution in [1.82, 2.24) is 14.9 Å². The molecule has 0 spiro atoms. The molecule has 0 aromatic carbocycles. The maximum absolute atomic E-state index is 12.9. The molecule has 27 heavy (non-hydrogen) atoms. The van der Waals surface area contributed by atoms with Gasteiger partial charge in [0, 0.05) is 29.3 Å². The van der Waals surface area contributed by atoms with Crippen LogP contribution in [0, 0.1) is 13.8 Å². The quantitative estimate of drug-likeness (QED) is 0.654. The number of hydrogen-bond donors (Lipinski definition) is 1. The first kappa shape index (κ1) is 18.6. The lowest BCUT2D eigenvalue weighted by Crippen LogP contribution is -2.54. The van der Waals surface area contributed by atoms with Crippen molar-refractivity contribution >= 4 is 29.6 Å². The van der Waals surface area contributed by atoms with Crippen molar-refractivity contribution in [3.8, 4) is 0 Å². The van der Waals surface area contributed by atoms with Crippen molar-refractivity contribution < 1.29 is 14.4 Å². The Morgan fingerprint density at radius 1 is 1.07 bits per heavy atom.